The highest BCUT2D eigenvalue weighted by molar-refractivity contribution is 5.78. The summed E-state index contributed by atoms with van der Waals surface area (Å²) >= 11 is 0. The minimum Gasteiger partial charge on any atom is -0.497 e. The first kappa shape index (κ1) is 20.1. The summed E-state index contributed by atoms with van der Waals surface area (Å²) in [6.45, 7) is 4.16. The number of hydrogen-bond acceptors (Lipinski definition) is 4. The molecule has 1 aliphatic rings. The lowest BCUT2D eigenvalue weighted by molar-refractivity contribution is -0.133. The van der Waals surface area contributed by atoms with Crippen LogP contribution in [-0.2, 0) is 4.79 Å². The molecule has 0 aromatic heterocycles. The molecule has 28 heavy (non-hydrogen) atoms. The summed E-state index contributed by atoms with van der Waals surface area (Å²) in [7, 11) is 1.67. The van der Waals surface area contributed by atoms with E-state index in [1.807, 2.05) is 48.2 Å². The maximum atomic E-state index is 12.7. The van der Waals surface area contributed by atoms with E-state index in [-0.39, 0.29) is 12.5 Å². The van der Waals surface area contributed by atoms with Crippen molar-refractivity contribution in [3.8, 4) is 17.2 Å². The van der Waals surface area contributed by atoms with Crippen LogP contribution in [0.1, 0.15) is 37.7 Å². The fraction of sp³-hybridized carbons (Fsp3) is 0.435. The van der Waals surface area contributed by atoms with E-state index < -0.39 is 0 Å². The topological polar surface area (TPSA) is 48.0 Å². The maximum absolute atomic E-state index is 12.7. The molecule has 1 fully saturated rings. The number of hydrogen-bond donors (Lipinski definition) is 0. The molecule has 0 saturated carbocycles. The number of carbonyl (C=O) groups is 1. The molecule has 0 bridgehead atoms. The smallest absolute Gasteiger partial charge is 0.260 e. The van der Waals surface area contributed by atoms with Gasteiger partial charge in [0.05, 0.1) is 13.7 Å². The van der Waals surface area contributed by atoms with Crippen molar-refractivity contribution in [2.24, 2.45) is 0 Å². The van der Waals surface area contributed by atoms with E-state index in [1.165, 1.54) is 5.56 Å². The minimum atomic E-state index is 0.0364. The van der Waals surface area contributed by atoms with Crippen molar-refractivity contribution in [1.82, 2.24) is 4.90 Å². The fourth-order valence-electron chi connectivity index (χ4n) is 3.55. The van der Waals surface area contributed by atoms with E-state index >= 15 is 0 Å². The van der Waals surface area contributed by atoms with E-state index in [1.54, 1.807) is 7.11 Å². The first-order valence-electron chi connectivity index (χ1n) is 9.97. The number of nitrogens with zero attached hydrogens (tertiary/aromatic N) is 1. The lowest BCUT2D eigenvalue weighted by Gasteiger charge is -2.25. The van der Waals surface area contributed by atoms with Crippen LogP contribution in [0.2, 0.25) is 0 Å². The van der Waals surface area contributed by atoms with Gasteiger partial charge in [-0.25, -0.2) is 0 Å². The molecule has 150 valence electrons. The zero-order chi connectivity index (χ0) is 19.8. The quantitative estimate of drug-likeness (QED) is 0.716. The summed E-state index contributed by atoms with van der Waals surface area (Å²) < 4.78 is 16.4. The van der Waals surface area contributed by atoms with Crippen LogP contribution < -0.4 is 14.2 Å². The average Bonchev–Trinajstić information content (AvgIpc) is 3.00. The van der Waals surface area contributed by atoms with E-state index in [0.717, 1.165) is 43.9 Å². The molecule has 0 radical (unpaired) electrons. The average molecular weight is 383 g/mol. The van der Waals surface area contributed by atoms with Crippen molar-refractivity contribution in [3.63, 3.8) is 0 Å². The Kier molecular flexibility index (Phi) is 7.18. The molecule has 3 rings (SSSR count). The minimum absolute atomic E-state index is 0.0364. The largest absolute Gasteiger partial charge is 0.497 e. The van der Waals surface area contributed by atoms with Crippen molar-refractivity contribution < 1.29 is 19.0 Å². The van der Waals surface area contributed by atoms with E-state index in [9.17, 15) is 4.79 Å². The molecule has 2 aromatic rings. The van der Waals surface area contributed by atoms with Crippen LogP contribution in [-0.4, -0.2) is 44.2 Å². The maximum Gasteiger partial charge on any atom is 0.260 e. The molecule has 0 spiro atoms. The van der Waals surface area contributed by atoms with Crippen molar-refractivity contribution >= 4 is 5.91 Å². The number of amides is 1. The van der Waals surface area contributed by atoms with Crippen LogP contribution in [0.3, 0.4) is 0 Å². The van der Waals surface area contributed by atoms with Gasteiger partial charge < -0.3 is 19.1 Å². The Hall–Kier alpha value is -2.69. The Morgan fingerprint density at radius 2 is 1.61 bits per heavy atom. The molecule has 1 atom stereocenters. The van der Waals surface area contributed by atoms with E-state index in [0.29, 0.717) is 18.3 Å². The number of ether oxygens (including phenoxy) is 3. The Balaban J connectivity index is 1.57. The van der Waals surface area contributed by atoms with Crippen molar-refractivity contribution in [3.05, 3.63) is 54.1 Å². The number of carbonyl (C=O) groups excluding carboxylic acids is 1. The first-order chi connectivity index (χ1) is 13.7. The molecule has 1 aliphatic heterocycles. The van der Waals surface area contributed by atoms with Gasteiger partial charge in [-0.05, 0) is 61.7 Å². The van der Waals surface area contributed by atoms with Crippen LogP contribution in [0, 0.1) is 0 Å². The van der Waals surface area contributed by atoms with Crippen molar-refractivity contribution in [2.75, 3.05) is 33.4 Å². The summed E-state index contributed by atoms with van der Waals surface area (Å²) in [4.78, 5) is 14.7. The number of rotatable bonds is 7. The Morgan fingerprint density at radius 1 is 0.964 bits per heavy atom. The zero-order valence-corrected chi connectivity index (χ0v) is 16.7. The third-order valence-electron chi connectivity index (χ3n) is 5.11. The highest BCUT2D eigenvalue weighted by atomic mass is 16.5. The van der Waals surface area contributed by atoms with Gasteiger partial charge in [0.2, 0.25) is 0 Å². The van der Waals surface area contributed by atoms with Crippen molar-refractivity contribution in [1.29, 1.82) is 0 Å². The number of benzene rings is 2. The lowest BCUT2D eigenvalue weighted by Crippen LogP contribution is -2.37. The molecule has 1 saturated heterocycles. The van der Waals surface area contributed by atoms with Crippen LogP contribution in [0.15, 0.2) is 48.5 Å². The van der Waals surface area contributed by atoms with Gasteiger partial charge in [-0.15, -0.1) is 0 Å². The molecule has 0 aliphatic carbocycles. The van der Waals surface area contributed by atoms with Gasteiger partial charge in [-0.3, -0.25) is 4.79 Å². The van der Waals surface area contributed by atoms with Crippen LogP contribution in [0.25, 0.3) is 0 Å². The van der Waals surface area contributed by atoms with Gasteiger partial charge in [-0.2, -0.15) is 0 Å². The number of likely N-dealkylation sites (tertiary alicyclic amines) is 1. The molecule has 1 heterocycles. The second kappa shape index (κ2) is 10.0. The molecule has 1 amide bonds. The SMILES string of the molecule is CCOc1ccc(OCC(=O)N2CCCCC(c3ccc(OC)cc3)C2)cc1. The highest BCUT2D eigenvalue weighted by Crippen LogP contribution is 2.28. The molecular formula is C23H29NO4. The summed E-state index contributed by atoms with van der Waals surface area (Å²) in [5, 5.41) is 0. The second-order valence-corrected chi connectivity index (χ2v) is 7.00. The molecule has 1 unspecified atom stereocenters. The molecule has 2 aromatic carbocycles. The van der Waals surface area contributed by atoms with Gasteiger partial charge in [0.1, 0.15) is 17.2 Å². The predicted molar refractivity (Wildman–Crippen MR) is 109 cm³/mol. The van der Waals surface area contributed by atoms with E-state index in [4.69, 9.17) is 14.2 Å². The normalized spacial score (nSPS) is 16.9. The fourth-order valence-corrected chi connectivity index (χ4v) is 3.55. The third-order valence-corrected chi connectivity index (χ3v) is 5.11. The van der Waals surface area contributed by atoms with Crippen LogP contribution in [0.5, 0.6) is 17.2 Å². The molecular weight excluding hydrogens is 354 g/mol. The molecule has 5 nitrogen and oxygen atoms in total. The monoisotopic (exact) mass is 383 g/mol. The van der Waals surface area contributed by atoms with Gasteiger partial charge in [0, 0.05) is 19.0 Å². The summed E-state index contributed by atoms with van der Waals surface area (Å²) in [6.07, 6.45) is 3.25. The molecule has 5 heteroatoms. The van der Waals surface area contributed by atoms with E-state index in [2.05, 4.69) is 12.1 Å². The Bertz CT molecular complexity index is 742. The Morgan fingerprint density at radius 3 is 2.25 bits per heavy atom. The van der Waals surface area contributed by atoms with Gasteiger partial charge >= 0.3 is 0 Å². The second-order valence-electron chi connectivity index (χ2n) is 7.00. The summed E-state index contributed by atoms with van der Waals surface area (Å²) in [6, 6.07) is 15.6. The first-order valence-corrected chi connectivity index (χ1v) is 9.97. The zero-order valence-electron chi connectivity index (χ0n) is 16.7. The Labute approximate surface area is 167 Å². The molecule has 0 N–H and O–H groups in total. The van der Waals surface area contributed by atoms with Crippen molar-refractivity contribution in [2.45, 2.75) is 32.1 Å². The summed E-state index contributed by atoms with van der Waals surface area (Å²) in [5.74, 6) is 2.72. The standard InChI is InChI=1S/C23H29NO4/c1-3-27-21-11-13-22(14-12-21)28-17-23(25)24-15-5-4-6-19(16-24)18-7-9-20(26-2)10-8-18/h7-14,19H,3-6,15-17H2,1-2H3. The van der Waals surface area contributed by atoms with Gasteiger partial charge in [-0.1, -0.05) is 18.6 Å². The lowest BCUT2D eigenvalue weighted by atomic mass is 9.94. The highest BCUT2D eigenvalue weighted by Gasteiger charge is 2.23. The van der Waals surface area contributed by atoms with Gasteiger partial charge in [0.15, 0.2) is 6.61 Å². The van der Waals surface area contributed by atoms with Crippen LogP contribution >= 0.6 is 0 Å². The number of methoxy groups -OCH3 is 1. The third kappa shape index (κ3) is 5.41. The summed E-state index contributed by atoms with van der Waals surface area (Å²) in [5.41, 5.74) is 1.26. The van der Waals surface area contributed by atoms with Crippen LogP contribution in [0.4, 0.5) is 0 Å². The predicted octanol–water partition coefficient (Wildman–Crippen LogP) is 4.27. The van der Waals surface area contributed by atoms with Gasteiger partial charge in [0.25, 0.3) is 5.91 Å².